The number of carboxylic acid groups (broad SMARTS) is 2. The number of oxime groups is 1. The molecule has 6 heterocycles. The van der Waals surface area contributed by atoms with Gasteiger partial charge in [0.1, 0.15) is 29.4 Å². The number of H-pyrrole nitrogens is 1. The molecule has 0 bridgehead atoms. The third-order valence-electron chi connectivity index (χ3n) is 7.09. The van der Waals surface area contributed by atoms with Crippen LogP contribution >= 0.6 is 34.9 Å². The van der Waals surface area contributed by atoms with E-state index in [0.29, 0.717) is 5.57 Å². The van der Waals surface area contributed by atoms with E-state index in [-0.39, 0.29) is 98.8 Å². The van der Waals surface area contributed by atoms with E-state index in [9.17, 15) is 39.3 Å². The average Bonchev–Trinajstić information content (AvgIpc) is 3.75. The number of aromatic nitrogens is 5. The number of fused-ring (bicyclic) bond motifs is 1. The molecule has 2 aliphatic heterocycles. The standard InChI is InChI=1S/C28H23N9O10S3.Na/c29-27-31-15(11-50-27)18(35-46-5-6-48-28-34-33-22(47-28)14-7-16(38)17(39)8-30-14)21(40)32-19-23(41)37-20(26(44)45)13(10-49-24(19)37)9-36-3-1-12(2-4-36)25(42)43;/h1-4,7-8,11,19,24H,5-6,9-10H2,(H6-,29,30,31,32,33,35,38,39,40,42,43,44,45);/q;+1/p-1/t19-,24-;/m1./s1. The number of β-lactam (4-membered cyclic amide) rings is 1. The smallest absolute Gasteiger partial charge is 0.545 e. The summed E-state index contributed by atoms with van der Waals surface area (Å²) in [5.74, 6) is -4.47. The fraction of sp³-hybridized carbons (Fsp3) is 0.214. The first kappa shape index (κ1) is 37.5. The zero-order valence-electron chi connectivity index (χ0n) is 26.1. The van der Waals surface area contributed by atoms with Crippen molar-refractivity contribution in [2.75, 3.05) is 23.8 Å². The van der Waals surface area contributed by atoms with Gasteiger partial charge in [0, 0.05) is 52.4 Å². The molecule has 2 aliphatic rings. The van der Waals surface area contributed by atoms with Crippen molar-refractivity contribution in [1.29, 1.82) is 0 Å². The number of hydrogen-bond acceptors (Lipinski definition) is 18. The zero-order chi connectivity index (χ0) is 35.5. The van der Waals surface area contributed by atoms with Gasteiger partial charge in [0.25, 0.3) is 22.9 Å². The van der Waals surface area contributed by atoms with Gasteiger partial charge in [-0.25, -0.2) is 9.55 Å². The summed E-state index contributed by atoms with van der Waals surface area (Å²) in [5.41, 5.74) is 5.12. The Morgan fingerprint density at radius 2 is 2.00 bits per heavy atom. The first-order valence-corrected chi connectivity index (χ1v) is 17.1. The van der Waals surface area contributed by atoms with Crippen molar-refractivity contribution in [2.45, 2.75) is 23.2 Å². The minimum Gasteiger partial charge on any atom is -0.545 e. The number of nitrogens with two attached hydrogens (primary N) is 1. The topological polar surface area (TPSA) is 286 Å². The zero-order valence-corrected chi connectivity index (χ0v) is 30.6. The number of nitrogens with one attached hydrogen (secondary N) is 2. The number of aromatic hydroxyl groups is 1. The first-order valence-electron chi connectivity index (χ1n) is 14.2. The van der Waals surface area contributed by atoms with Gasteiger partial charge < -0.3 is 50.2 Å². The van der Waals surface area contributed by atoms with Crippen LogP contribution < -0.4 is 60.8 Å². The molecular formula is C28H22N9NaO10S3. The molecular weight excluding hydrogens is 742 g/mol. The maximum absolute atomic E-state index is 13.4. The Kier molecular flexibility index (Phi) is 11.8. The van der Waals surface area contributed by atoms with Crippen molar-refractivity contribution in [2.24, 2.45) is 5.16 Å². The van der Waals surface area contributed by atoms with E-state index in [2.05, 4.69) is 30.6 Å². The van der Waals surface area contributed by atoms with Crippen LogP contribution in [0.25, 0.3) is 11.6 Å². The van der Waals surface area contributed by atoms with Crippen LogP contribution in [0.15, 0.2) is 73.0 Å². The van der Waals surface area contributed by atoms with E-state index in [4.69, 9.17) is 15.0 Å². The van der Waals surface area contributed by atoms with Gasteiger partial charge in [-0.3, -0.25) is 19.3 Å². The molecule has 1 fully saturated rings. The van der Waals surface area contributed by atoms with Gasteiger partial charge >= 0.3 is 29.6 Å². The predicted molar refractivity (Wildman–Crippen MR) is 170 cm³/mol. The van der Waals surface area contributed by atoms with Crippen LogP contribution in [0.5, 0.6) is 5.75 Å². The molecule has 4 aromatic heterocycles. The largest absolute Gasteiger partial charge is 1.00 e. The van der Waals surface area contributed by atoms with E-state index < -0.39 is 46.3 Å². The van der Waals surface area contributed by atoms with Crippen LogP contribution in [0.3, 0.4) is 0 Å². The summed E-state index contributed by atoms with van der Waals surface area (Å²) in [6.45, 7) is 0.00169. The summed E-state index contributed by atoms with van der Waals surface area (Å²) in [7, 11) is 0. The third-order valence-corrected chi connectivity index (χ3v) is 9.89. The number of aliphatic carboxylic acids is 1. The number of rotatable bonds is 13. The molecule has 19 nitrogen and oxygen atoms in total. The van der Waals surface area contributed by atoms with E-state index in [0.717, 1.165) is 40.3 Å². The number of carboxylic acids is 2. The number of carbonyl (C=O) groups excluding carboxylic acids is 4. The van der Waals surface area contributed by atoms with Gasteiger partial charge in [-0.05, 0) is 0 Å². The molecule has 4 aromatic rings. The van der Waals surface area contributed by atoms with Crippen molar-refractivity contribution in [3.05, 3.63) is 74.9 Å². The quantitative estimate of drug-likeness (QED) is 0.0188. The minimum atomic E-state index is -1.58. The summed E-state index contributed by atoms with van der Waals surface area (Å²) < 4.78 is 7.05. The van der Waals surface area contributed by atoms with Crippen LogP contribution in [-0.4, -0.2) is 89.2 Å². The van der Waals surface area contributed by atoms with Crippen LogP contribution in [0.4, 0.5) is 5.13 Å². The van der Waals surface area contributed by atoms with Crippen molar-refractivity contribution < 1.29 is 77.9 Å². The summed E-state index contributed by atoms with van der Waals surface area (Å²) in [6, 6.07) is 2.61. The average molecular weight is 764 g/mol. The molecule has 0 saturated carbocycles. The molecule has 5 N–H and O–H groups in total. The van der Waals surface area contributed by atoms with E-state index in [1.54, 1.807) is 4.57 Å². The number of hydrogen-bond donors (Lipinski definition) is 4. The Morgan fingerprint density at radius 3 is 2.67 bits per heavy atom. The number of thioether (sulfide) groups is 2. The van der Waals surface area contributed by atoms with Gasteiger partial charge in [0.15, 0.2) is 35.5 Å². The number of nitrogens with zero attached hydrogens (tertiary/aromatic N) is 6. The number of pyridine rings is 2. The van der Waals surface area contributed by atoms with Gasteiger partial charge in [0.05, 0.1) is 17.6 Å². The van der Waals surface area contributed by atoms with Crippen molar-refractivity contribution in [3.8, 4) is 17.3 Å². The van der Waals surface area contributed by atoms with Gasteiger partial charge in [0.2, 0.25) is 5.43 Å². The van der Waals surface area contributed by atoms with Gasteiger partial charge in [-0.15, -0.1) is 33.3 Å². The Morgan fingerprint density at radius 1 is 1.24 bits per heavy atom. The van der Waals surface area contributed by atoms with Crippen LogP contribution in [-0.2, 0) is 25.8 Å². The van der Waals surface area contributed by atoms with Crippen LogP contribution in [0.2, 0.25) is 0 Å². The van der Waals surface area contributed by atoms with Crippen LogP contribution in [0.1, 0.15) is 16.1 Å². The molecule has 0 spiro atoms. The van der Waals surface area contributed by atoms with Crippen molar-refractivity contribution >= 4 is 69.5 Å². The number of aromatic carboxylic acids is 1. The number of anilines is 1. The summed E-state index contributed by atoms with van der Waals surface area (Å²) >= 11 is 3.37. The normalized spacial score (nSPS) is 16.9. The predicted octanol–water partition coefficient (Wildman–Crippen LogP) is -5.56. The monoisotopic (exact) mass is 763 g/mol. The van der Waals surface area contributed by atoms with Crippen LogP contribution in [0, 0.1) is 0 Å². The first-order chi connectivity index (χ1) is 24.0. The maximum Gasteiger partial charge on any atom is 1.00 e. The van der Waals surface area contributed by atoms with E-state index >= 15 is 0 Å². The second kappa shape index (κ2) is 16.1. The molecule has 2 atom stereocenters. The Hall–Kier alpha value is -4.74. The Bertz CT molecular complexity index is 2120. The molecule has 0 aromatic carbocycles. The molecule has 1 saturated heterocycles. The number of carbonyl (C=O) groups is 4. The molecule has 2 amide bonds. The SMILES string of the molecule is Nc1nc(/C(=N/OCCSc2nnc(-c3cc(=O)c(O)c[nH]3)o2)C(=O)N[C@@H]2C(=O)N3C(C(=O)[O-])=C(C[n+]4ccc(C(=O)[O-])cc4)CS[C@H]23)cs1.[Na+]. The molecule has 258 valence electrons. The minimum absolute atomic E-state index is 0. The number of nitrogen functional groups attached to an aromatic ring is 1. The molecule has 0 aliphatic carbocycles. The molecule has 0 unspecified atom stereocenters. The molecule has 51 heavy (non-hydrogen) atoms. The number of aromatic amines is 1. The maximum atomic E-state index is 13.4. The van der Waals surface area contributed by atoms with Gasteiger partial charge in [-0.2, -0.15) is 0 Å². The second-order valence-corrected chi connectivity index (χ2v) is 13.3. The number of thiazole rings is 1. The number of amides is 2. The Balaban J connectivity index is 0.00000504. The fourth-order valence-corrected chi connectivity index (χ4v) is 7.22. The van der Waals surface area contributed by atoms with Crippen molar-refractivity contribution in [3.63, 3.8) is 0 Å². The molecule has 23 heteroatoms. The molecule has 6 rings (SSSR count). The van der Waals surface area contributed by atoms with E-state index in [1.165, 1.54) is 41.7 Å². The molecule has 0 radical (unpaired) electrons. The summed E-state index contributed by atoms with van der Waals surface area (Å²) in [4.78, 5) is 74.6. The third kappa shape index (κ3) is 8.26. The second-order valence-electron chi connectivity index (χ2n) is 10.3. The van der Waals surface area contributed by atoms with Gasteiger partial charge in [-0.1, -0.05) is 16.9 Å². The Labute approximate surface area is 320 Å². The fourth-order valence-electron chi connectivity index (χ4n) is 4.76. The summed E-state index contributed by atoms with van der Waals surface area (Å²) in [6.07, 6.45) is 3.99. The van der Waals surface area contributed by atoms with E-state index in [1.807, 2.05) is 0 Å². The summed E-state index contributed by atoms with van der Waals surface area (Å²) in [5, 5.41) is 47.8. The van der Waals surface area contributed by atoms with Crippen molar-refractivity contribution in [1.82, 2.24) is 30.4 Å².